The van der Waals surface area contributed by atoms with E-state index in [0.717, 1.165) is 24.1 Å². The van der Waals surface area contributed by atoms with Crippen LogP contribution in [-0.2, 0) is 16.1 Å². The Hall–Kier alpha value is -2.40. The second-order valence-electron chi connectivity index (χ2n) is 5.91. The number of benzene rings is 1. The van der Waals surface area contributed by atoms with Crippen LogP contribution in [0.2, 0.25) is 0 Å². The zero-order valence-corrected chi connectivity index (χ0v) is 14.4. The largest absolute Gasteiger partial charge is 0.331 e. The van der Waals surface area contributed by atoms with Crippen molar-refractivity contribution in [2.75, 3.05) is 5.32 Å². The highest BCUT2D eigenvalue weighted by atomic mass is 32.1. The molecule has 2 aromatic rings. The third-order valence-electron chi connectivity index (χ3n) is 3.83. The molecule has 1 heterocycles. The molecule has 0 radical (unpaired) electrons. The van der Waals surface area contributed by atoms with E-state index in [4.69, 9.17) is 0 Å². The number of anilines is 1. The number of thiophene rings is 1. The van der Waals surface area contributed by atoms with Gasteiger partial charge in [0.25, 0.3) is 0 Å². The molecule has 0 bridgehead atoms. The second kappa shape index (κ2) is 7.45. The highest BCUT2D eigenvalue weighted by Crippen LogP contribution is 2.29. The van der Waals surface area contributed by atoms with Crippen LogP contribution in [0.4, 0.5) is 5.69 Å². The average Bonchev–Trinajstić information content (AvgIpc) is 3.27. The summed E-state index contributed by atoms with van der Waals surface area (Å²) in [6, 6.07) is 11.9. The monoisotopic (exact) mass is 340 g/mol. The predicted octanol–water partition coefficient (Wildman–Crippen LogP) is 3.91. The minimum Gasteiger partial charge on any atom is -0.331 e. The molecule has 1 aromatic heterocycles. The van der Waals surface area contributed by atoms with Crippen molar-refractivity contribution in [3.63, 3.8) is 0 Å². The van der Waals surface area contributed by atoms with Crippen molar-refractivity contribution in [3.8, 4) is 0 Å². The Morgan fingerprint density at radius 2 is 2.00 bits per heavy atom. The maximum absolute atomic E-state index is 12.5. The van der Waals surface area contributed by atoms with E-state index >= 15 is 0 Å². The van der Waals surface area contributed by atoms with E-state index in [9.17, 15) is 9.59 Å². The predicted molar refractivity (Wildman–Crippen MR) is 97.7 cm³/mol. The van der Waals surface area contributed by atoms with E-state index in [0.29, 0.717) is 12.6 Å². The van der Waals surface area contributed by atoms with Crippen LogP contribution in [0.1, 0.15) is 30.2 Å². The molecule has 5 heteroatoms. The first-order valence-corrected chi connectivity index (χ1v) is 8.88. The van der Waals surface area contributed by atoms with Gasteiger partial charge in [-0.1, -0.05) is 18.2 Å². The molecule has 0 atom stereocenters. The van der Waals surface area contributed by atoms with Crippen LogP contribution in [0.15, 0.2) is 47.9 Å². The SMILES string of the molecule is CC(=O)Nc1ccc(/C=C/C(=O)N(Cc2cccs2)C2CC2)cc1. The van der Waals surface area contributed by atoms with Gasteiger partial charge in [0.2, 0.25) is 11.8 Å². The quantitative estimate of drug-likeness (QED) is 0.811. The Morgan fingerprint density at radius 1 is 1.25 bits per heavy atom. The van der Waals surface area contributed by atoms with E-state index in [1.54, 1.807) is 17.4 Å². The molecule has 0 aliphatic heterocycles. The summed E-state index contributed by atoms with van der Waals surface area (Å²) in [5, 5.41) is 4.77. The highest BCUT2D eigenvalue weighted by molar-refractivity contribution is 7.09. The molecular weight excluding hydrogens is 320 g/mol. The van der Waals surface area contributed by atoms with Gasteiger partial charge in [0.15, 0.2) is 0 Å². The summed E-state index contributed by atoms with van der Waals surface area (Å²) in [6.45, 7) is 2.17. The zero-order chi connectivity index (χ0) is 16.9. The summed E-state index contributed by atoms with van der Waals surface area (Å²) in [7, 11) is 0. The Balaban J connectivity index is 1.63. The van der Waals surface area contributed by atoms with Crippen LogP contribution in [-0.4, -0.2) is 22.8 Å². The van der Waals surface area contributed by atoms with E-state index in [-0.39, 0.29) is 11.8 Å². The van der Waals surface area contributed by atoms with Crippen LogP contribution in [0.3, 0.4) is 0 Å². The average molecular weight is 340 g/mol. The molecule has 1 fully saturated rings. The minimum absolute atomic E-state index is 0.0526. The first-order valence-electron chi connectivity index (χ1n) is 8.00. The van der Waals surface area contributed by atoms with Gasteiger partial charge in [0.05, 0.1) is 6.54 Å². The van der Waals surface area contributed by atoms with Gasteiger partial charge >= 0.3 is 0 Å². The molecule has 0 saturated heterocycles. The zero-order valence-electron chi connectivity index (χ0n) is 13.6. The fourth-order valence-corrected chi connectivity index (χ4v) is 3.19. The molecule has 1 saturated carbocycles. The van der Waals surface area contributed by atoms with E-state index in [1.807, 2.05) is 46.7 Å². The summed E-state index contributed by atoms with van der Waals surface area (Å²) in [5.41, 5.74) is 1.69. The van der Waals surface area contributed by atoms with Crippen LogP contribution >= 0.6 is 11.3 Å². The molecule has 1 aromatic carbocycles. The Morgan fingerprint density at radius 3 is 2.58 bits per heavy atom. The number of hydrogen-bond donors (Lipinski definition) is 1. The topological polar surface area (TPSA) is 49.4 Å². The molecule has 1 aliphatic rings. The molecule has 4 nitrogen and oxygen atoms in total. The maximum atomic E-state index is 12.5. The van der Waals surface area contributed by atoms with E-state index in [2.05, 4.69) is 11.4 Å². The Bertz CT molecular complexity index is 731. The van der Waals surface area contributed by atoms with Gasteiger partial charge in [-0.3, -0.25) is 9.59 Å². The van der Waals surface area contributed by atoms with Gasteiger partial charge in [-0.15, -0.1) is 11.3 Å². The lowest BCUT2D eigenvalue weighted by Gasteiger charge is -2.19. The lowest BCUT2D eigenvalue weighted by atomic mass is 10.2. The van der Waals surface area contributed by atoms with Gasteiger partial charge < -0.3 is 10.2 Å². The van der Waals surface area contributed by atoms with E-state index < -0.39 is 0 Å². The van der Waals surface area contributed by atoms with Gasteiger partial charge in [0.1, 0.15) is 0 Å². The summed E-state index contributed by atoms with van der Waals surface area (Å²) in [5.74, 6) is -0.0426. The second-order valence-corrected chi connectivity index (χ2v) is 6.95. The lowest BCUT2D eigenvalue weighted by molar-refractivity contribution is -0.127. The van der Waals surface area contributed by atoms with E-state index in [1.165, 1.54) is 11.8 Å². The number of hydrogen-bond acceptors (Lipinski definition) is 3. The van der Waals surface area contributed by atoms with Crippen molar-refractivity contribution in [1.29, 1.82) is 0 Å². The number of rotatable bonds is 6. The first-order chi connectivity index (χ1) is 11.6. The normalized spacial score (nSPS) is 13.9. The lowest BCUT2D eigenvalue weighted by Crippen LogP contribution is -2.30. The van der Waals surface area contributed by atoms with Gasteiger partial charge in [0, 0.05) is 29.6 Å². The summed E-state index contributed by atoms with van der Waals surface area (Å²) < 4.78 is 0. The third kappa shape index (κ3) is 4.55. The van der Waals surface area contributed by atoms with Gasteiger partial charge in [-0.25, -0.2) is 0 Å². The molecule has 2 amide bonds. The fourth-order valence-electron chi connectivity index (χ4n) is 2.49. The van der Waals surface area contributed by atoms with Crippen molar-refractivity contribution >= 4 is 34.9 Å². The third-order valence-corrected chi connectivity index (χ3v) is 4.69. The number of amides is 2. The Labute approximate surface area is 145 Å². The Kier molecular flexibility index (Phi) is 5.11. The smallest absolute Gasteiger partial charge is 0.247 e. The number of nitrogens with zero attached hydrogens (tertiary/aromatic N) is 1. The molecular formula is C19H20N2O2S. The van der Waals surface area contributed by atoms with Crippen molar-refractivity contribution < 1.29 is 9.59 Å². The van der Waals surface area contributed by atoms with Gasteiger partial charge in [-0.05, 0) is 48.1 Å². The van der Waals surface area contributed by atoms with Crippen LogP contribution in [0.25, 0.3) is 6.08 Å². The van der Waals surface area contributed by atoms with Crippen LogP contribution in [0, 0.1) is 0 Å². The summed E-state index contributed by atoms with van der Waals surface area (Å²) >= 11 is 1.68. The molecule has 24 heavy (non-hydrogen) atoms. The minimum atomic E-state index is -0.0953. The highest BCUT2D eigenvalue weighted by Gasteiger charge is 2.31. The van der Waals surface area contributed by atoms with Crippen LogP contribution in [0.5, 0.6) is 0 Å². The van der Waals surface area contributed by atoms with Crippen molar-refractivity contribution in [2.45, 2.75) is 32.4 Å². The van der Waals surface area contributed by atoms with Crippen molar-refractivity contribution in [3.05, 3.63) is 58.3 Å². The molecule has 0 spiro atoms. The molecule has 124 valence electrons. The standard InChI is InChI=1S/C19H20N2O2S/c1-14(22)20-16-7-4-15(5-8-16)6-11-19(23)21(17-9-10-17)13-18-3-2-12-24-18/h2-8,11-12,17H,9-10,13H2,1H3,(H,20,22)/b11-6+. The van der Waals surface area contributed by atoms with Crippen LogP contribution < -0.4 is 5.32 Å². The molecule has 1 N–H and O–H groups in total. The summed E-state index contributed by atoms with van der Waals surface area (Å²) in [6.07, 6.45) is 5.65. The maximum Gasteiger partial charge on any atom is 0.247 e. The number of carbonyl (C=O) groups is 2. The first kappa shape index (κ1) is 16.5. The number of carbonyl (C=O) groups excluding carboxylic acids is 2. The fraction of sp³-hybridized carbons (Fsp3) is 0.263. The van der Waals surface area contributed by atoms with Crippen molar-refractivity contribution in [1.82, 2.24) is 4.90 Å². The summed E-state index contributed by atoms with van der Waals surface area (Å²) in [4.78, 5) is 26.7. The number of nitrogens with one attached hydrogen (secondary N) is 1. The van der Waals surface area contributed by atoms with Crippen molar-refractivity contribution in [2.24, 2.45) is 0 Å². The molecule has 1 aliphatic carbocycles. The molecule has 0 unspecified atom stereocenters. The molecule has 3 rings (SSSR count). The van der Waals surface area contributed by atoms with Gasteiger partial charge in [-0.2, -0.15) is 0 Å².